The lowest BCUT2D eigenvalue weighted by molar-refractivity contribution is 0.0713. The first-order chi connectivity index (χ1) is 11.3. The lowest BCUT2D eigenvalue weighted by atomic mass is 10.1. The summed E-state index contributed by atoms with van der Waals surface area (Å²) in [7, 11) is 0. The fraction of sp³-hybridized carbons (Fsp3) is 0.312. The Labute approximate surface area is 138 Å². The topological polar surface area (TPSA) is 56.0 Å². The molecule has 0 radical (unpaired) electrons. The molecule has 0 fully saturated rings. The van der Waals surface area contributed by atoms with Gasteiger partial charge in [-0.25, -0.2) is 4.98 Å². The van der Waals surface area contributed by atoms with Gasteiger partial charge in [-0.2, -0.15) is 16.4 Å². The minimum atomic E-state index is 0.0770. The number of thiophene rings is 1. The first-order valence-corrected chi connectivity index (χ1v) is 8.53. The number of fused-ring (bicyclic) bond motifs is 1. The van der Waals surface area contributed by atoms with Crippen LogP contribution in [0.4, 0.5) is 0 Å². The van der Waals surface area contributed by atoms with Crippen LogP contribution in [0.2, 0.25) is 0 Å². The minimum Gasteiger partial charge on any atom is -0.333 e. The highest BCUT2D eigenvalue weighted by atomic mass is 32.1. The summed E-state index contributed by atoms with van der Waals surface area (Å²) >= 11 is 1.55. The van der Waals surface area contributed by atoms with E-state index >= 15 is 0 Å². The van der Waals surface area contributed by atoms with Gasteiger partial charge in [-0.3, -0.25) is 9.48 Å². The van der Waals surface area contributed by atoms with Crippen molar-refractivity contribution in [2.75, 3.05) is 6.54 Å². The summed E-state index contributed by atoms with van der Waals surface area (Å²) in [4.78, 5) is 19.1. The van der Waals surface area contributed by atoms with Crippen molar-refractivity contribution < 1.29 is 4.79 Å². The maximum Gasteiger partial charge on any atom is 0.255 e. The smallest absolute Gasteiger partial charge is 0.255 e. The third-order valence-electron chi connectivity index (χ3n) is 4.13. The predicted molar refractivity (Wildman–Crippen MR) is 87.0 cm³/mol. The van der Waals surface area contributed by atoms with Gasteiger partial charge in [0.05, 0.1) is 12.1 Å². The second-order valence-electron chi connectivity index (χ2n) is 5.79. The van der Waals surface area contributed by atoms with Crippen molar-refractivity contribution in [1.82, 2.24) is 24.2 Å². The van der Waals surface area contributed by atoms with Gasteiger partial charge in [0.2, 0.25) is 0 Å². The van der Waals surface area contributed by atoms with Gasteiger partial charge in [0, 0.05) is 55.7 Å². The summed E-state index contributed by atoms with van der Waals surface area (Å²) in [6.07, 6.45) is 7.54. The lowest BCUT2D eigenvalue weighted by Gasteiger charge is -2.23. The van der Waals surface area contributed by atoms with E-state index in [0.29, 0.717) is 19.0 Å². The largest absolute Gasteiger partial charge is 0.333 e. The predicted octanol–water partition coefficient (Wildman–Crippen LogP) is 2.11. The number of nitrogens with zero attached hydrogens (tertiary/aromatic N) is 5. The summed E-state index contributed by atoms with van der Waals surface area (Å²) in [6, 6.07) is 3.81. The molecule has 0 saturated carbocycles. The van der Waals surface area contributed by atoms with E-state index in [1.54, 1.807) is 23.7 Å². The van der Waals surface area contributed by atoms with Crippen LogP contribution in [0, 0.1) is 5.92 Å². The van der Waals surface area contributed by atoms with Gasteiger partial charge in [0.25, 0.3) is 5.91 Å². The molecule has 1 aliphatic rings. The number of imidazole rings is 1. The summed E-state index contributed by atoms with van der Waals surface area (Å²) in [6.45, 7) is 2.90. The zero-order valence-corrected chi connectivity index (χ0v) is 13.4. The number of amides is 1. The summed E-state index contributed by atoms with van der Waals surface area (Å²) in [5, 5.41) is 8.14. The van der Waals surface area contributed by atoms with Crippen LogP contribution >= 0.6 is 11.3 Å². The average Bonchev–Trinajstić information content (AvgIpc) is 3.28. The Hall–Kier alpha value is -2.41. The number of aromatic nitrogens is 4. The van der Waals surface area contributed by atoms with Crippen LogP contribution in [0.1, 0.15) is 16.2 Å². The molecule has 1 aliphatic heterocycles. The fourth-order valence-electron chi connectivity index (χ4n) is 3.05. The molecule has 23 heavy (non-hydrogen) atoms. The summed E-state index contributed by atoms with van der Waals surface area (Å²) in [5.74, 6) is 1.32. The molecule has 1 atom stereocenters. The first kappa shape index (κ1) is 14.2. The van der Waals surface area contributed by atoms with E-state index in [-0.39, 0.29) is 5.91 Å². The second kappa shape index (κ2) is 6.00. The van der Waals surface area contributed by atoms with E-state index in [1.165, 1.54) is 0 Å². The molecule has 4 rings (SSSR count). The van der Waals surface area contributed by atoms with Gasteiger partial charge in [-0.1, -0.05) is 0 Å². The molecule has 6 nitrogen and oxygen atoms in total. The van der Waals surface area contributed by atoms with Gasteiger partial charge in [0.15, 0.2) is 0 Å². The van der Waals surface area contributed by atoms with Crippen LogP contribution in [0.25, 0.3) is 0 Å². The summed E-state index contributed by atoms with van der Waals surface area (Å²) in [5.41, 5.74) is 0.757. The van der Waals surface area contributed by atoms with Gasteiger partial charge in [-0.05, 0) is 17.5 Å². The molecule has 0 saturated heterocycles. The van der Waals surface area contributed by atoms with E-state index in [2.05, 4.69) is 14.6 Å². The molecule has 1 amide bonds. The Balaban J connectivity index is 1.60. The van der Waals surface area contributed by atoms with Crippen molar-refractivity contribution >= 4 is 17.2 Å². The van der Waals surface area contributed by atoms with Crippen molar-refractivity contribution in [2.45, 2.75) is 19.6 Å². The van der Waals surface area contributed by atoms with Gasteiger partial charge in [-0.15, -0.1) is 0 Å². The third-order valence-corrected chi connectivity index (χ3v) is 4.81. The molecule has 0 N–H and O–H groups in total. The second-order valence-corrected chi connectivity index (χ2v) is 6.57. The molecule has 0 aliphatic carbocycles. The average molecular weight is 327 g/mol. The fourth-order valence-corrected chi connectivity index (χ4v) is 3.68. The lowest BCUT2D eigenvalue weighted by Crippen LogP contribution is -2.35. The molecule has 4 heterocycles. The normalized spacial score (nSPS) is 17.7. The van der Waals surface area contributed by atoms with Crippen LogP contribution in [0.15, 0.2) is 47.7 Å². The number of hydrogen-bond donors (Lipinski definition) is 0. The van der Waals surface area contributed by atoms with Gasteiger partial charge < -0.3 is 9.47 Å². The molecular weight excluding hydrogens is 310 g/mol. The maximum atomic E-state index is 12.8. The third kappa shape index (κ3) is 2.92. The minimum absolute atomic E-state index is 0.0770. The molecule has 0 aromatic carbocycles. The molecule has 0 spiro atoms. The zero-order chi connectivity index (χ0) is 15.6. The Morgan fingerprint density at radius 2 is 2.26 bits per heavy atom. The van der Waals surface area contributed by atoms with E-state index in [1.807, 2.05) is 44.9 Å². The summed E-state index contributed by atoms with van der Waals surface area (Å²) < 4.78 is 4.08. The number of rotatable bonds is 3. The molecule has 0 bridgehead atoms. The van der Waals surface area contributed by atoms with Crippen molar-refractivity contribution in [1.29, 1.82) is 0 Å². The van der Waals surface area contributed by atoms with E-state index in [9.17, 15) is 4.79 Å². The first-order valence-electron chi connectivity index (χ1n) is 7.58. The SMILES string of the molecule is O=C(c1ccsc1)N1Cc2nccn2CC(Cn2cccn2)C1. The maximum absolute atomic E-state index is 12.8. The van der Waals surface area contributed by atoms with Crippen LogP contribution in [-0.2, 0) is 19.6 Å². The monoisotopic (exact) mass is 327 g/mol. The van der Waals surface area contributed by atoms with Gasteiger partial charge >= 0.3 is 0 Å². The Kier molecular flexibility index (Phi) is 3.70. The Morgan fingerprint density at radius 1 is 1.30 bits per heavy atom. The zero-order valence-electron chi connectivity index (χ0n) is 12.6. The van der Waals surface area contributed by atoms with Crippen molar-refractivity contribution in [3.8, 4) is 0 Å². The highest BCUT2D eigenvalue weighted by Crippen LogP contribution is 2.20. The van der Waals surface area contributed by atoms with Crippen molar-refractivity contribution in [3.05, 3.63) is 59.1 Å². The van der Waals surface area contributed by atoms with Gasteiger partial charge in [0.1, 0.15) is 5.82 Å². The van der Waals surface area contributed by atoms with Crippen LogP contribution in [-0.4, -0.2) is 36.7 Å². The van der Waals surface area contributed by atoms with E-state index in [4.69, 9.17) is 0 Å². The van der Waals surface area contributed by atoms with E-state index in [0.717, 1.165) is 24.5 Å². The molecule has 1 unspecified atom stereocenters. The van der Waals surface area contributed by atoms with Crippen molar-refractivity contribution in [2.24, 2.45) is 5.92 Å². The quantitative estimate of drug-likeness (QED) is 0.740. The molecule has 3 aromatic rings. The molecule has 118 valence electrons. The molecule has 7 heteroatoms. The molecular formula is C16H17N5OS. The molecule has 3 aromatic heterocycles. The number of carbonyl (C=O) groups is 1. The van der Waals surface area contributed by atoms with Crippen LogP contribution in [0.5, 0.6) is 0 Å². The Morgan fingerprint density at radius 3 is 3.04 bits per heavy atom. The Bertz CT molecular complexity index is 777. The standard InChI is InChI=1S/C16H17N5OS/c22-16(14-2-7-23-12-14)20-9-13(10-21-5-1-3-18-21)8-19-6-4-17-15(19)11-20/h1-7,12-13H,8-11H2. The number of carbonyl (C=O) groups excluding carboxylic acids is 1. The highest BCUT2D eigenvalue weighted by molar-refractivity contribution is 7.08. The van der Waals surface area contributed by atoms with Crippen LogP contribution in [0.3, 0.4) is 0 Å². The van der Waals surface area contributed by atoms with E-state index < -0.39 is 0 Å². The highest BCUT2D eigenvalue weighted by Gasteiger charge is 2.26. The number of hydrogen-bond acceptors (Lipinski definition) is 4. The van der Waals surface area contributed by atoms with Crippen molar-refractivity contribution in [3.63, 3.8) is 0 Å². The van der Waals surface area contributed by atoms with Crippen LogP contribution < -0.4 is 0 Å².